The molecule has 1 aliphatic heterocycles. The molecule has 10 rings (SSSR count). The largest absolute Gasteiger partial charge is 0.457 e. The molecule has 0 aliphatic carbocycles. The lowest BCUT2D eigenvalue weighted by molar-refractivity contribution is 0.483. The fraction of sp³-hybridized carbons (Fsp3) is 0.190. The Labute approximate surface area is 379 Å². The molecule has 0 fully saturated rings. The minimum atomic E-state index is -1.62. The molecule has 0 atom stereocenters. The number of aromatic nitrogens is 2. The highest BCUT2D eigenvalue weighted by Gasteiger charge is 2.30. The van der Waals surface area contributed by atoms with Crippen molar-refractivity contribution in [3.63, 3.8) is 0 Å². The Hall–Kier alpha value is -6.89. The van der Waals surface area contributed by atoms with Crippen LogP contribution in [0.1, 0.15) is 43.0 Å². The number of anilines is 4. The van der Waals surface area contributed by atoms with Crippen molar-refractivity contribution in [1.82, 2.24) is 9.55 Å². The van der Waals surface area contributed by atoms with Crippen molar-refractivity contribution >= 4 is 57.8 Å². The van der Waals surface area contributed by atoms with Gasteiger partial charge in [0.1, 0.15) is 24.0 Å². The van der Waals surface area contributed by atoms with Crippen LogP contribution in [0.2, 0.25) is 19.6 Å². The number of hydrogen-bond acceptors (Lipinski definition) is 4. The first kappa shape index (κ1) is 41.1. The third-order valence-corrected chi connectivity index (χ3v) is 14.9. The lowest BCUT2D eigenvalue weighted by Gasteiger charge is -2.26. The summed E-state index contributed by atoms with van der Waals surface area (Å²) in [7, 11) is -1.62. The van der Waals surface area contributed by atoms with Gasteiger partial charge in [0.15, 0.2) is 0 Å². The summed E-state index contributed by atoms with van der Waals surface area (Å²) in [6.07, 6.45) is 1.95. The number of pyridine rings is 1. The highest BCUT2D eigenvalue weighted by molar-refractivity contribution is 6.88. The molecule has 0 radical (unpaired) electrons. The summed E-state index contributed by atoms with van der Waals surface area (Å²) in [6, 6.07) is 57.5. The molecule has 3 heterocycles. The van der Waals surface area contributed by atoms with Gasteiger partial charge >= 0.3 is 0 Å². The smallest absolute Gasteiger partial charge is 0.138 e. The van der Waals surface area contributed by atoms with Crippen molar-refractivity contribution in [2.24, 2.45) is 0 Å². The molecule has 64 heavy (non-hydrogen) atoms. The third kappa shape index (κ3) is 7.56. The van der Waals surface area contributed by atoms with Gasteiger partial charge in [0, 0.05) is 40.5 Å². The predicted octanol–water partition coefficient (Wildman–Crippen LogP) is 15.3. The van der Waals surface area contributed by atoms with E-state index in [-0.39, 0.29) is 5.41 Å². The lowest BCUT2D eigenvalue weighted by atomic mass is 9.85. The molecule has 0 saturated carbocycles. The second kappa shape index (κ2) is 15.7. The zero-order valence-corrected chi connectivity index (χ0v) is 39.5. The Morgan fingerprint density at radius 3 is 1.91 bits per heavy atom. The van der Waals surface area contributed by atoms with Crippen molar-refractivity contribution in [1.29, 1.82) is 0 Å². The molecule has 9 aromatic rings. The second-order valence-electron chi connectivity index (χ2n) is 19.6. The van der Waals surface area contributed by atoms with Gasteiger partial charge in [0.25, 0.3) is 0 Å². The van der Waals surface area contributed by atoms with Crippen molar-refractivity contribution in [2.75, 3.05) is 16.5 Å². The van der Waals surface area contributed by atoms with Gasteiger partial charge in [-0.25, -0.2) is 4.98 Å². The summed E-state index contributed by atoms with van der Waals surface area (Å²) in [5.74, 6) is 2.45. The molecule has 7 aromatic carbocycles. The first-order valence-electron chi connectivity index (χ1n) is 22.5. The predicted molar refractivity (Wildman–Crippen MR) is 274 cm³/mol. The van der Waals surface area contributed by atoms with E-state index in [1.807, 2.05) is 6.20 Å². The number of aryl methyl sites for hydroxylation is 3. The first-order chi connectivity index (χ1) is 30.7. The second-order valence-corrected chi connectivity index (χ2v) is 24.7. The van der Waals surface area contributed by atoms with E-state index in [0.717, 1.165) is 39.7 Å². The number of ether oxygens (including phenoxy) is 1. The van der Waals surface area contributed by atoms with Gasteiger partial charge in [-0.2, -0.15) is 0 Å². The molecular weight excluding hydrogens is 797 g/mol. The average molecular weight is 853 g/mol. The molecule has 0 spiro atoms. The van der Waals surface area contributed by atoms with Crippen LogP contribution < -0.4 is 19.7 Å². The summed E-state index contributed by atoms with van der Waals surface area (Å²) in [5, 5.41) is 3.80. The Kier molecular flexibility index (Phi) is 10.1. The topological polar surface area (TPSA) is 33.5 Å². The van der Waals surface area contributed by atoms with Crippen LogP contribution in [0.15, 0.2) is 164 Å². The van der Waals surface area contributed by atoms with Crippen molar-refractivity contribution in [3.8, 4) is 39.6 Å². The molecule has 2 aromatic heterocycles. The van der Waals surface area contributed by atoms with E-state index in [0.29, 0.717) is 6.67 Å². The van der Waals surface area contributed by atoms with E-state index in [1.165, 1.54) is 71.8 Å². The van der Waals surface area contributed by atoms with Crippen LogP contribution in [-0.4, -0.2) is 24.3 Å². The SMILES string of the molecule is Cc1cc(C)c(-c2ccnc(-n3c4cc(Oc5cccc(N6CN(c7cc(-c8ccccc8)cc(C(C)(C)C)c7)c7ccccc76)c5)ccc4c4ccc([Si](C)(C)C)cc43)c2)c(C)c1. The molecule has 0 amide bonds. The molecule has 0 unspecified atom stereocenters. The number of fused-ring (bicyclic) bond motifs is 4. The maximum Gasteiger partial charge on any atom is 0.138 e. The summed E-state index contributed by atoms with van der Waals surface area (Å²) in [6.45, 7) is 21.4. The first-order valence-corrected chi connectivity index (χ1v) is 26.0. The van der Waals surface area contributed by atoms with Crippen LogP contribution in [0.3, 0.4) is 0 Å². The van der Waals surface area contributed by atoms with Crippen molar-refractivity contribution < 1.29 is 4.74 Å². The van der Waals surface area contributed by atoms with E-state index in [1.54, 1.807) is 0 Å². The fourth-order valence-electron chi connectivity index (χ4n) is 9.61. The lowest BCUT2D eigenvalue weighted by Crippen LogP contribution is -2.37. The van der Waals surface area contributed by atoms with Gasteiger partial charge < -0.3 is 14.5 Å². The van der Waals surface area contributed by atoms with E-state index in [2.05, 4.69) is 233 Å². The van der Waals surface area contributed by atoms with Gasteiger partial charge in [0.2, 0.25) is 0 Å². The van der Waals surface area contributed by atoms with Gasteiger partial charge in [-0.05, 0) is 132 Å². The number of nitrogens with zero attached hydrogens (tertiary/aromatic N) is 4. The Bertz CT molecular complexity index is 3220. The van der Waals surface area contributed by atoms with Crippen molar-refractivity contribution in [3.05, 3.63) is 186 Å². The summed E-state index contributed by atoms with van der Waals surface area (Å²) in [4.78, 5) is 9.88. The monoisotopic (exact) mass is 852 g/mol. The number of benzene rings is 7. The normalized spacial score (nSPS) is 13.0. The minimum absolute atomic E-state index is 0.0152. The Morgan fingerprint density at radius 1 is 0.547 bits per heavy atom. The third-order valence-electron chi connectivity index (χ3n) is 12.9. The summed E-state index contributed by atoms with van der Waals surface area (Å²) >= 11 is 0. The van der Waals surface area contributed by atoms with Gasteiger partial charge in [0.05, 0.1) is 30.5 Å². The summed E-state index contributed by atoms with van der Waals surface area (Å²) < 4.78 is 9.18. The Morgan fingerprint density at radius 2 is 1.20 bits per heavy atom. The van der Waals surface area contributed by atoms with E-state index in [9.17, 15) is 0 Å². The maximum absolute atomic E-state index is 6.84. The van der Waals surface area contributed by atoms with Gasteiger partial charge in [-0.3, -0.25) is 4.57 Å². The zero-order valence-electron chi connectivity index (χ0n) is 38.5. The number of rotatable bonds is 8. The van der Waals surface area contributed by atoms with Crippen LogP contribution >= 0.6 is 0 Å². The van der Waals surface area contributed by atoms with Gasteiger partial charge in [-0.15, -0.1) is 0 Å². The molecule has 5 nitrogen and oxygen atoms in total. The molecule has 0 saturated heterocycles. The summed E-state index contributed by atoms with van der Waals surface area (Å²) in [5.41, 5.74) is 16.8. The molecule has 0 bridgehead atoms. The van der Waals surface area contributed by atoms with E-state index < -0.39 is 8.07 Å². The highest BCUT2D eigenvalue weighted by atomic mass is 28.3. The molecular formula is C58H56N4OSi. The van der Waals surface area contributed by atoms with Crippen LogP contribution in [0.25, 0.3) is 49.9 Å². The maximum atomic E-state index is 6.84. The Balaban J connectivity index is 1.03. The molecule has 318 valence electrons. The molecule has 0 N–H and O–H groups in total. The van der Waals surface area contributed by atoms with Crippen molar-refractivity contribution in [2.45, 2.75) is 66.6 Å². The molecule has 6 heteroatoms. The highest BCUT2D eigenvalue weighted by Crippen LogP contribution is 2.47. The number of hydrogen-bond donors (Lipinski definition) is 0. The quantitative estimate of drug-likeness (QED) is 0.143. The minimum Gasteiger partial charge on any atom is -0.457 e. The van der Waals surface area contributed by atoms with E-state index >= 15 is 0 Å². The van der Waals surface area contributed by atoms with Crippen LogP contribution in [0, 0.1) is 20.8 Å². The van der Waals surface area contributed by atoms with Crippen LogP contribution in [0.5, 0.6) is 11.5 Å². The number of para-hydroxylation sites is 2. The standard InChI is InChI=1S/C58H56N4OSi/c1-38-28-39(2)57(40(3)29-38)42-26-27-59-56(32-42)62-54-35-48(22-24-50(54)51-25-23-49(36-55(51)62)64(7,8)9)63-47-19-15-18-45(34-47)60-37-61(53-21-14-13-20-52(53)60)46-31-43(41-16-11-10-12-17-41)30-44(33-46)58(4,5)6/h10-36H,37H2,1-9H3. The van der Waals surface area contributed by atoms with Gasteiger partial charge in [-0.1, -0.05) is 130 Å². The zero-order chi connectivity index (χ0) is 44.5. The molecule has 1 aliphatic rings. The van der Waals surface area contributed by atoms with Crippen LogP contribution in [0.4, 0.5) is 22.7 Å². The van der Waals surface area contributed by atoms with E-state index in [4.69, 9.17) is 9.72 Å². The fourth-order valence-corrected chi connectivity index (χ4v) is 10.8. The average Bonchev–Trinajstić information content (AvgIpc) is 3.82. The van der Waals surface area contributed by atoms with Crippen LogP contribution in [-0.2, 0) is 5.41 Å².